The first-order chi connectivity index (χ1) is 14.6. The molecule has 1 aromatic carbocycles. The number of hydrogen-bond acceptors (Lipinski definition) is 8. The Balaban J connectivity index is 1.32. The van der Waals surface area contributed by atoms with E-state index in [1.807, 2.05) is 23.2 Å². The molecule has 3 aliphatic rings. The molecule has 3 fully saturated rings. The normalized spacial score (nSPS) is 25.7. The molecule has 0 spiro atoms. The number of piperidine rings is 1. The monoisotopic (exact) mass is 409 g/mol. The van der Waals surface area contributed by atoms with Crippen LogP contribution in [-0.2, 0) is 0 Å². The van der Waals surface area contributed by atoms with Gasteiger partial charge in [-0.25, -0.2) is 5.01 Å². The second-order valence-electron chi connectivity index (χ2n) is 8.98. The summed E-state index contributed by atoms with van der Waals surface area (Å²) < 4.78 is 0. The smallest absolute Gasteiger partial charge is 0.169 e. The second kappa shape index (κ2) is 8.02. The summed E-state index contributed by atoms with van der Waals surface area (Å²) in [6.45, 7) is 5.12. The number of hydrazine groups is 1. The molecule has 2 atom stereocenters. The molecule has 2 aromatic rings. The molecule has 3 saturated heterocycles. The van der Waals surface area contributed by atoms with Gasteiger partial charge >= 0.3 is 0 Å². The van der Waals surface area contributed by atoms with Crippen LogP contribution in [-0.4, -0.2) is 70.0 Å². The molecule has 2 unspecified atom stereocenters. The predicted molar refractivity (Wildman–Crippen MR) is 118 cm³/mol. The van der Waals surface area contributed by atoms with Gasteiger partial charge in [0.1, 0.15) is 5.75 Å². The Kier molecular flexibility index (Phi) is 5.22. The van der Waals surface area contributed by atoms with Crippen LogP contribution >= 0.6 is 0 Å². The predicted octanol–water partition coefficient (Wildman–Crippen LogP) is 1.67. The molecule has 8 nitrogen and oxygen atoms in total. The SMILES string of the molecule is Nc1nnc(-c2ccccc2O)cc1N1CC2CCC(C1)N2CC1CCN(N)CC1. The van der Waals surface area contributed by atoms with Crippen LogP contribution < -0.4 is 16.5 Å². The van der Waals surface area contributed by atoms with E-state index in [1.165, 1.54) is 32.2 Å². The molecule has 0 amide bonds. The summed E-state index contributed by atoms with van der Waals surface area (Å²) in [6.07, 6.45) is 4.87. The van der Waals surface area contributed by atoms with Crippen LogP contribution in [0.5, 0.6) is 5.75 Å². The molecular formula is C22H31N7O. The molecule has 2 bridgehead atoms. The molecule has 30 heavy (non-hydrogen) atoms. The lowest BCUT2D eigenvalue weighted by Gasteiger charge is -2.44. The fourth-order valence-corrected chi connectivity index (χ4v) is 5.39. The highest BCUT2D eigenvalue weighted by atomic mass is 16.3. The number of benzene rings is 1. The number of fused-ring (bicyclic) bond motifs is 2. The number of rotatable bonds is 4. The van der Waals surface area contributed by atoms with Gasteiger partial charge in [-0.2, -0.15) is 0 Å². The molecule has 1 aromatic heterocycles. The Morgan fingerprint density at radius 2 is 1.70 bits per heavy atom. The molecule has 160 valence electrons. The van der Waals surface area contributed by atoms with Crippen LogP contribution in [0.2, 0.25) is 0 Å². The molecule has 8 heteroatoms. The minimum absolute atomic E-state index is 0.205. The number of piperazine rings is 1. The summed E-state index contributed by atoms with van der Waals surface area (Å²) in [4.78, 5) is 5.11. The van der Waals surface area contributed by atoms with E-state index in [9.17, 15) is 5.11 Å². The van der Waals surface area contributed by atoms with Crippen molar-refractivity contribution in [3.8, 4) is 17.0 Å². The molecule has 0 saturated carbocycles. The van der Waals surface area contributed by atoms with E-state index in [-0.39, 0.29) is 5.75 Å². The van der Waals surface area contributed by atoms with Crippen molar-refractivity contribution in [3.05, 3.63) is 30.3 Å². The molecule has 0 radical (unpaired) electrons. The Hall–Kier alpha value is -2.42. The summed E-state index contributed by atoms with van der Waals surface area (Å²) in [7, 11) is 0. The zero-order valence-corrected chi connectivity index (χ0v) is 17.3. The van der Waals surface area contributed by atoms with Gasteiger partial charge in [0.2, 0.25) is 0 Å². The number of hydrogen-bond donors (Lipinski definition) is 3. The number of para-hydroxylation sites is 1. The zero-order chi connectivity index (χ0) is 20.7. The maximum Gasteiger partial charge on any atom is 0.169 e. The Morgan fingerprint density at radius 3 is 2.40 bits per heavy atom. The maximum atomic E-state index is 10.2. The van der Waals surface area contributed by atoms with Crippen molar-refractivity contribution in [3.63, 3.8) is 0 Å². The molecular weight excluding hydrogens is 378 g/mol. The fourth-order valence-electron chi connectivity index (χ4n) is 5.39. The summed E-state index contributed by atoms with van der Waals surface area (Å²) >= 11 is 0. The van der Waals surface area contributed by atoms with E-state index in [0.29, 0.717) is 29.2 Å². The highest BCUT2D eigenvalue weighted by molar-refractivity contribution is 5.74. The van der Waals surface area contributed by atoms with Crippen LogP contribution in [0, 0.1) is 5.92 Å². The average Bonchev–Trinajstić information content (AvgIpc) is 2.97. The first kappa shape index (κ1) is 19.5. The number of anilines is 2. The van der Waals surface area contributed by atoms with Crippen molar-refractivity contribution in [1.29, 1.82) is 0 Å². The maximum absolute atomic E-state index is 10.2. The third-order valence-corrected chi connectivity index (χ3v) is 7.07. The topological polar surface area (TPSA) is 108 Å². The van der Waals surface area contributed by atoms with Gasteiger partial charge in [-0.15, -0.1) is 10.2 Å². The Morgan fingerprint density at radius 1 is 1.00 bits per heavy atom. The van der Waals surface area contributed by atoms with Crippen molar-refractivity contribution in [1.82, 2.24) is 20.1 Å². The first-order valence-electron chi connectivity index (χ1n) is 11.0. The number of aromatic nitrogens is 2. The summed E-state index contributed by atoms with van der Waals surface area (Å²) in [5.74, 6) is 7.34. The van der Waals surface area contributed by atoms with Crippen molar-refractivity contribution < 1.29 is 5.11 Å². The van der Waals surface area contributed by atoms with Crippen LogP contribution in [0.1, 0.15) is 25.7 Å². The number of nitrogens with two attached hydrogens (primary N) is 2. The average molecular weight is 410 g/mol. The minimum atomic E-state index is 0.205. The number of phenols is 1. The van der Waals surface area contributed by atoms with Crippen molar-refractivity contribution in [2.75, 3.05) is 43.4 Å². The van der Waals surface area contributed by atoms with Gasteiger partial charge in [-0.1, -0.05) is 12.1 Å². The number of phenolic OH excluding ortho intramolecular Hbond substituents is 1. The summed E-state index contributed by atoms with van der Waals surface area (Å²) in [5, 5.41) is 20.6. The fraction of sp³-hybridized carbons (Fsp3) is 0.545. The van der Waals surface area contributed by atoms with Gasteiger partial charge in [0, 0.05) is 50.4 Å². The largest absolute Gasteiger partial charge is 0.507 e. The van der Waals surface area contributed by atoms with Crippen molar-refractivity contribution in [2.24, 2.45) is 11.8 Å². The summed E-state index contributed by atoms with van der Waals surface area (Å²) in [5.41, 5.74) is 8.50. The number of nitrogens with zero attached hydrogens (tertiary/aromatic N) is 5. The number of aromatic hydroxyl groups is 1. The Labute approximate surface area is 177 Å². The van der Waals surface area contributed by atoms with Crippen LogP contribution in [0.25, 0.3) is 11.3 Å². The van der Waals surface area contributed by atoms with Crippen molar-refractivity contribution in [2.45, 2.75) is 37.8 Å². The highest BCUT2D eigenvalue weighted by Crippen LogP contribution is 2.37. The van der Waals surface area contributed by atoms with E-state index >= 15 is 0 Å². The van der Waals surface area contributed by atoms with E-state index in [1.54, 1.807) is 12.1 Å². The molecule has 3 aliphatic heterocycles. The van der Waals surface area contributed by atoms with Crippen LogP contribution in [0.4, 0.5) is 11.5 Å². The highest BCUT2D eigenvalue weighted by Gasteiger charge is 2.41. The lowest BCUT2D eigenvalue weighted by atomic mass is 9.96. The van der Waals surface area contributed by atoms with E-state index in [4.69, 9.17) is 11.6 Å². The summed E-state index contributed by atoms with van der Waals surface area (Å²) in [6, 6.07) is 10.3. The lowest BCUT2D eigenvalue weighted by molar-refractivity contribution is 0.104. The quantitative estimate of drug-likeness (QED) is 0.655. The third-order valence-electron chi connectivity index (χ3n) is 7.07. The standard InChI is InChI=1S/C22H31N7O/c23-22-20(11-19(25-26-22)18-3-1-2-4-21(18)30)27-13-16-5-6-17(14-27)29(16)12-15-7-9-28(24)10-8-15/h1-4,11,15-17,30H,5-10,12-14,24H2,(H2,23,26). The van der Waals surface area contributed by atoms with Gasteiger partial charge < -0.3 is 15.7 Å². The van der Waals surface area contributed by atoms with Crippen molar-refractivity contribution >= 4 is 11.5 Å². The first-order valence-corrected chi connectivity index (χ1v) is 11.0. The lowest BCUT2D eigenvalue weighted by Crippen LogP contribution is -2.55. The third kappa shape index (κ3) is 3.71. The minimum Gasteiger partial charge on any atom is -0.507 e. The van der Waals surface area contributed by atoms with Gasteiger partial charge in [-0.3, -0.25) is 10.7 Å². The molecule has 5 N–H and O–H groups in total. The molecule has 4 heterocycles. The van der Waals surface area contributed by atoms with Gasteiger partial charge in [0.15, 0.2) is 5.82 Å². The second-order valence-corrected chi connectivity index (χ2v) is 8.98. The zero-order valence-electron chi connectivity index (χ0n) is 17.3. The van der Waals surface area contributed by atoms with Gasteiger partial charge in [-0.05, 0) is 49.8 Å². The van der Waals surface area contributed by atoms with Gasteiger partial charge in [0.05, 0.1) is 11.4 Å². The van der Waals surface area contributed by atoms with Crippen LogP contribution in [0.3, 0.4) is 0 Å². The van der Waals surface area contributed by atoms with E-state index < -0.39 is 0 Å². The van der Waals surface area contributed by atoms with E-state index in [2.05, 4.69) is 20.0 Å². The molecule has 5 rings (SSSR count). The van der Waals surface area contributed by atoms with E-state index in [0.717, 1.165) is 37.8 Å². The van der Waals surface area contributed by atoms with Crippen LogP contribution in [0.15, 0.2) is 30.3 Å². The molecule has 0 aliphatic carbocycles. The number of nitrogen functional groups attached to an aromatic ring is 1. The Bertz CT molecular complexity index is 885. The van der Waals surface area contributed by atoms with Gasteiger partial charge in [0.25, 0.3) is 0 Å².